The lowest BCUT2D eigenvalue weighted by atomic mass is 9.97. The molecule has 2 aliphatic rings. The summed E-state index contributed by atoms with van der Waals surface area (Å²) in [5, 5.41) is 6.12. The highest BCUT2D eigenvalue weighted by Gasteiger charge is 2.26. The second kappa shape index (κ2) is 6.95. The molecule has 2 heterocycles. The Morgan fingerprint density at radius 2 is 2.11 bits per heavy atom. The van der Waals surface area contributed by atoms with Crippen LogP contribution in [0.25, 0.3) is 0 Å². The van der Waals surface area contributed by atoms with Gasteiger partial charge in [-0.05, 0) is 44.8 Å². The van der Waals surface area contributed by atoms with Crippen LogP contribution in [-0.2, 0) is 4.74 Å². The van der Waals surface area contributed by atoms with Crippen LogP contribution in [0.2, 0.25) is 0 Å². The van der Waals surface area contributed by atoms with Gasteiger partial charge in [-0.2, -0.15) is 0 Å². The van der Waals surface area contributed by atoms with Gasteiger partial charge in [-0.3, -0.25) is 4.90 Å². The van der Waals surface area contributed by atoms with E-state index < -0.39 is 0 Å². The van der Waals surface area contributed by atoms with Gasteiger partial charge in [-0.15, -0.1) is 0 Å². The Morgan fingerprint density at radius 3 is 2.72 bits per heavy atom. The van der Waals surface area contributed by atoms with Gasteiger partial charge in [0, 0.05) is 13.1 Å². The minimum absolute atomic E-state index is 0.0331. The van der Waals surface area contributed by atoms with Crippen LogP contribution in [0.5, 0.6) is 0 Å². The van der Waals surface area contributed by atoms with E-state index in [2.05, 4.69) is 22.5 Å². The van der Waals surface area contributed by atoms with Crippen molar-refractivity contribution in [3.8, 4) is 0 Å². The fraction of sp³-hybridized carbons (Fsp3) is 0.923. The Labute approximate surface area is 109 Å². The topological polar surface area (TPSA) is 53.6 Å². The van der Waals surface area contributed by atoms with Crippen LogP contribution in [-0.4, -0.2) is 56.4 Å². The maximum absolute atomic E-state index is 11.0. The zero-order chi connectivity index (χ0) is 12.8. The molecule has 2 aliphatic heterocycles. The van der Waals surface area contributed by atoms with Crippen molar-refractivity contribution in [3.05, 3.63) is 0 Å². The van der Waals surface area contributed by atoms with Gasteiger partial charge in [-0.25, -0.2) is 4.79 Å². The Bertz CT molecular complexity index is 267. The van der Waals surface area contributed by atoms with Gasteiger partial charge in [-0.1, -0.05) is 6.92 Å². The molecule has 2 rings (SSSR count). The van der Waals surface area contributed by atoms with Crippen molar-refractivity contribution in [1.29, 1.82) is 0 Å². The number of hydrogen-bond acceptors (Lipinski definition) is 4. The molecule has 0 radical (unpaired) electrons. The van der Waals surface area contributed by atoms with Crippen molar-refractivity contribution in [2.75, 3.05) is 39.3 Å². The smallest absolute Gasteiger partial charge is 0.407 e. The molecule has 5 nitrogen and oxygen atoms in total. The lowest BCUT2D eigenvalue weighted by Crippen LogP contribution is -2.40. The molecule has 2 saturated heterocycles. The number of cyclic esters (lactones) is 1. The largest absolute Gasteiger partial charge is 0.443 e. The summed E-state index contributed by atoms with van der Waals surface area (Å²) in [7, 11) is 0. The minimum Gasteiger partial charge on any atom is -0.443 e. The zero-order valence-electron chi connectivity index (χ0n) is 11.3. The highest BCUT2D eigenvalue weighted by Crippen LogP contribution is 2.15. The van der Waals surface area contributed by atoms with Crippen molar-refractivity contribution < 1.29 is 9.53 Å². The first-order valence-electron chi connectivity index (χ1n) is 7.15. The number of rotatable bonds is 6. The molecule has 0 aromatic heterocycles. The van der Waals surface area contributed by atoms with Gasteiger partial charge in [0.2, 0.25) is 0 Å². The average Bonchev–Trinajstić information content (AvgIpc) is 2.76. The van der Waals surface area contributed by atoms with Gasteiger partial charge in [0.25, 0.3) is 0 Å². The van der Waals surface area contributed by atoms with Crippen molar-refractivity contribution in [1.82, 2.24) is 15.5 Å². The molecule has 2 fully saturated rings. The number of carbonyl (C=O) groups excluding carboxylic acids is 1. The van der Waals surface area contributed by atoms with Gasteiger partial charge in [0.1, 0.15) is 6.10 Å². The first-order valence-corrected chi connectivity index (χ1v) is 7.15. The number of ether oxygens (including phenoxy) is 1. The van der Waals surface area contributed by atoms with E-state index in [1.807, 2.05) is 0 Å². The summed E-state index contributed by atoms with van der Waals surface area (Å²) in [6.07, 6.45) is 3.45. The van der Waals surface area contributed by atoms with Crippen molar-refractivity contribution in [2.24, 2.45) is 5.92 Å². The molecule has 18 heavy (non-hydrogen) atoms. The van der Waals surface area contributed by atoms with Gasteiger partial charge >= 0.3 is 6.09 Å². The van der Waals surface area contributed by atoms with E-state index >= 15 is 0 Å². The quantitative estimate of drug-likeness (QED) is 0.737. The Kier molecular flexibility index (Phi) is 5.26. The lowest BCUT2D eigenvalue weighted by molar-refractivity contribution is 0.0982. The number of amides is 1. The van der Waals surface area contributed by atoms with E-state index in [0.717, 1.165) is 45.1 Å². The van der Waals surface area contributed by atoms with Gasteiger partial charge < -0.3 is 15.4 Å². The Morgan fingerprint density at radius 1 is 1.33 bits per heavy atom. The molecular weight excluding hydrogens is 230 g/mol. The monoisotopic (exact) mass is 255 g/mol. The molecule has 2 N–H and O–H groups in total. The van der Waals surface area contributed by atoms with Crippen molar-refractivity contribution in [2.45, 2.75) is 32.3 Å². The summed E-state index contributed by atoms with van der Waals surface area (Å²) in [6, 6.07) is 0. The lowest BCUT2D eigenvalue weighted by Gasteiger charge is -2.30. The second-order valence-electron chi connectivity index (χ2n) is 5.36. The Balaban J connectivity index is 1.77. The van der Waals surface area contributed by atoms with Crippen LogP contribution in [0.1, 0.15) is 26.2 Å². The third-order valence-electron chi connectivity index (χ3n) is 3.72. The summed E-state index contributed by atoms with van der Waals surface area (Å²) in [5.41, 5.74) is 0. The summed E-state index contributed by atoms with van der Waals surface area (Å²) in [5.74, 6) is 0.794. The third-order valence-corrected chi connectivity index (χ3v) is 3.72. The molecule has 0 aromatic rings. The van der Waals surface area contributed by atoms with E-state index in [0.29, 0.717) is 6.54 Å². The summed E-state index contributed by atoms with van der Waals surface area (Å²) in [4.78, 5) is 13.5. The molecule has 104 valence electrons. The van der Waals surface area contributed by atoms with Crippen molar-refractivity contribution in [3.63, 3.8) is 0 Å². The van der Waals surface area contributed by atoms with E-state index in [1.165, 1.54) is 12.8 Å². The molecule has 0 saturated carbocycles. The first-order chi connectivity index (χ1) is 8.78. The van der Waals surface area contributed by atoms with Crippen LogP contribution in [0.3, 0.4) is 0 Å². The average molecular weight is 255 g/mol. The maximum Gasteiger partial charge on any atom is 0.407 e. The highest BCUT2D eigenvalue weighted by molar-refractivity contribution is 5.69. The molecular formula is C13H25N3O2. The summed E-state index contributed by atoms with van der Waals surface area (Å²) >= 11 is 0. The van der Waals surface area contributed by atoms with E-state index in [9.17, 15) is 4.79 Å². The number of hydrogen-bond donors (Lipinski definition) is 2. The molecule has 0 aromatic carbocycles. The Hall–Kier alpha value is -0.810. The van der Waals surface area contributed by atoms with E-state index in [-0.39, 0.29) is 12.2 Å². The molecule has 1 amide bonds. The minimum atomic E-state index is -0.265. The SMILES string of the molecule is CCCN(CC1CCNCC1)CC1CNC(=O)O1. The molecule has 0 spiro atoms. The fourth-order valence-electron chi connectivity index (χ4n) is 2.82. The van der Waals surface area contributed by atoms with E-state index in [1.54, 1.807) is 0 Å². The molecule has 0 aliphatic carbocycles. The van der Waals surface area contributed by atoms with Crippen molar-refractivity contribution >= 4 is 6.09 Å². The van der Waals surface area contributed by atoms with Crippen LogP contribution in [0.4, 0.5) is 4.79 Å². The first kappa shape index (κ1) is 13.6. The number of nitrogens with one attached hydrogen (secondary N) is 2. The fourth-order valence-corrected chi connectivity index (χ4v) is 2.82. The van der Waals surface area contributed by atoms with E-state index in [4.69, 9.17) is 4.74 Å². The standard InChI is InChI=1S/C13H25N3O2/c1-2-7-16(9-11-3-5-14-6-4-11)10-12-8-15-13(17)18-12/h11-12,14H,2-10H2,1H3,(H,15,17). The molecule has 1 unspecified atom stereocenters. The van der Waals surface area contributed by atoms with Crippen LogP contribution in [0.15, 0.2) is 0 Å². The number of carbonyl (C=O) groups is 1. The normalized spacial score (nSPS) is 25.2. The van der Waals surface area contributed by atoms with Crippen LogP contribution in [0, 0.1) is 5.92 Å². The molecule has 5 heteroatoms. The molecule has 0 bridgehead atoms. The number of piperidine rings is 1. The van der Waals surface area contributed by atoms with Crippen LogP contribution < -0.4 is 10.6 Å². The zero-order valence-corrected chi connectivity index (χ0v) is 11.3. The predicted molar refractivity (Wildman–Crippen MR) is 70.6 cm³/mol. The van der Waals surface area contributed by atoms with Gasteiger partial charge in [0.15, 0.2) is 0 Å². The molecule has 1 atom stereocenters. The summed E-state index contributed by atoms with van der Waals surface area (Å²) in [6.45, 7) is 8.26. The van der Waals surface area contributed by atoms with Crippen LogP contribution >= 0.6 is 0 Å². The summed E-state index contributed by atoms with van der Waals surface area (Å²) < 4.78 is 5.22. The number of nitrogens with zero attached hydrogens (tertiary/aromatic N) is 1. The number of alkyl carbamates (subject to hydrolysis) is 1. The maximum atomic E-state index is 11.0. The second-order valence-corrected chi connectivity index (χ2v) is 5.36. The predicted octanol–water partition coefficient (Wildman–Crippen LogP) is 0.806. The highest BCUT2D eigenvalue weighted by atomic mass is 16.6. The van der Waals surface area contributed by atoms with Gasteiger partial charge in [0.05, 0.1) is 6.54 Å². The third kappa shape index (κ3) is 4.14.